The van der Waals surface area contributed by atoms with Gasteiger partial charge in [-0.25, -0.2) is 0 Å². The fourth-order valence-electron chi connectivity index (χ4n) is 1.32. The van der Waals surface area contributed by atoms with Gasteiger partial charge in [0.25, 0.3) is 10.1 Å². The van der Waals surface area contributed by atoms with Crippen LogP contribution < -0.4 is 18.9 Å². The normalized spacial score (nSPS) is 10.1. The topological polar surface area (TPSA) is 54.4 Å². The number of hydrogen-bond donors (Lipinski definition) is 1. The van der Waals surface area contributed by atoms with Gasteiger partial charge >= 0.3 is 18.9 Å². The molecule has 5 heteroatoms. The van der Waals surface area contributed by atoms with Crippen molar-refractivity contribution in [2.24, 2.45) is 0 Å². The molecule has 2 aromatic carbocycles. The van der Waals surface area contributed by atoms with E-state index in [9.17, 15) is 8.42 Å². The molecule has 106 valence electrons. The third-order valence-electron chi connectivity index (χ3n) is 2.27. The monoisotopic (exact) mass is 296 g/mol. The predicted octanol–water partition coefficient (Wildman–Crippen LogP) is 0.991. The first-order chi connectivity index (χ1) is 9.51. The van der Waals surface area contributed by atoms with E-state index in [4.69, 9.17) is 4.55 Å². The van der Waals surface area contributed by atoms with Gasteiger partial charge in [-0.15, -0.1) is 0 Å². The molecule has 0 heterocycles. The SMILES string of the molecule is C=Cc1ccccc1.O=S(=O)(O)C=Cc1ccccc1.[H-].[Li+]. The maximum atomic E-state index is 10.3. The van der Waals surface area contributed by atoms with Crippen molar-refractivity contribution in [1.82, 2.24) is 0 Å². The van der Waals surface area contributed by atoms with Gasteiger partial charge in [-0.3, -0.25) is 4.55 Å². The van der Waals surface area contributed by atoms with Gasteiger partial charge in [0.15, 0.2) is 0 Å². The van der Waals surface area contributed by atoms with E-state index in [1.54, 1.807) is 24.3 Å². The molecule has 0 unspecified atom stereocenters. The smallest absolute Gasteiger partial charge is 1.00 e. The van der Waals surface area contributed by atoms with E-state index in [1.165, 1.54) is 11.6 Å². The summed E-state index contributed by atoms with van der Waals surface area (Å²) in [5.74, 6) is 0. The van der Waals surface area contributed by atoms with Crippen LogP contribution in [-0.4, -0.2) is 13.0 Å². The summed E-state index contributed by atoms with van der Waals surface area (Å²) in [4.78, 5) is 0. The van der Waals surface area contributed by atoms with Crippen molar-refractivity contribution in [3.8, 4) is 0 Å². The van der Waals surface area contributed by atoms with Crippen molar-refractivity contribution >= 4 is 22.3 Å². The van der Waals surface area contributed by atoms with Gasteiger partial charge in [0, 0.05) is 0 Å². The van der Waals surface area contributed by atoms with Gasteiger partial charge in [0.05, 0.1) is 5.41 Å². The van der Waals surface area contributed by atoms with Crippen LogP contribution in [-0.2, 0) is 10.1 Å². The van der Waals surface area contributed by atoms with Crippen LogP contribution in [0.1, 0.15) is 12.6 Å². The first-order valence-electron chi connectivity index (χ1n) is 5.89. The Morgan fingerprint density at radius 3 is 1.67 bits per heavy atom. The molecule has 0 aliphatic carbocycles. The third-order valence-corrected chi connectivity index (χ3v) is 2.75. The molecule has 0 aliphatic rings. The second-order valence-corrected chi connectivity index (χ2v) is 5.15. The van der Waals surface area contributed by atoms with Gasteiger partial charge in [0.2, 0.25) is 0 Å². The Bertz CT molecular complexity index is 656. The van der Waals surface area contributed by atoms with Crippen LogP contribution in [0.15, 0.2) is 72.7 Å². The molecular formula is C16H17LiO3S. The minimum Gasteiger partial charge on any atom is -1.00 e. The van der Waals surface area contributed by atoms with Crippen molar-refractivity contribution in [2.75, 3.05) is 0 Å². The molecule has 0 fully saturated rings. The molecule has 0 bridgehead atoms. The zero-order valence-corrected chi connectivity index (χ0v) is 12.7. The van der Waals surface area contributed by atoms with Crippen molar-refractivity contribution in [3.05, 3.63) is 83.8 Å². The summed E-state index contributed by atoms with van der Waals surface area (Å²) in [5, 5.41) is 0.752. The average molecular weight is 296 g/mol. The molecule has 0 atom stereocenters. The molecule has 0 spiro atoms. The molecule has 0 amide bonds. The van der Waals surface area contributed by atoms with E-state index >= 15 is 0 Å². The Kier molecular flexibility index (Phi) is 9.43. The van der Waals surface area contributed by atoms with Crippen LogP contribution in [0.2, 0.25) is 0 Å². The molecule has 2 rings (SSSR count). The van der Waals surface area contributed by atoms with Crippen LogP contribution in [0.25, 0.3) is 12.2 Å². The second-order valence-electron chi connectivity index (χ2n) is 3.84. The summed E-state index contributed by atoms with van der Waals surface area (Å²) < 4.78 is 28.9. The number of hydrogen-bond acceptors (Lipinski definition) is 2. The minimum absolute atomic E-state index is 0. The van der Waals surface area contributed by atoms with Crippen LogP contribution in [0.3, 0.4) is 0 Å². The van der Waals surface area contributed by atoms with Crippen LogP contribution in [0.5, 0.6) is 0 Å². The summed E-state index contributed by atoms with van der Waals surface area (Å²) >= 11 is 0. The van der Waals surface area contributed by atoms with Crippen LogP contribution >= 0.6 is 0 Å². The molecule has 0 saturated heterocycles. The molecule has 21 heavy (non-hydrogen) atoms. The van der Waals surface area contributed by atoms with Crippen LogP contribution in [0.4, 0.5) is 0 Å². The Morgan fingerprint density at radius 1 is 0.905 bits per heavy atom. The zero-order chi connectivity index (χ0) is 14.8. The summed E-state index contributed by atoms with van der Waals surface area (Å²) in [7, 11) is -4.00. The molecule has 0 radical (unpaired) electrons. The maximum Gasteiger partial charge on any atom is 1.00 e. The maximum absolute atomic E-state index is 10.3. The second kappa shape index (κ2) is 10.2. The van der Waals surface area contributed by atoms with E-state index in [0.29, 0.717) is 0 Å². The first-order valence-corrected chi connectivity index (χ1v) is 7.40. The third kappa shape index (κ3) is 9.89. The van der Waals surface area contributed by atoms with E-state index in [2.05, 4.69) is 6.58 Å². The summed E-state index contributed by atoms with van der Waals surface area (Å²) in [6, 6.07) is 18.9. The average Bonchev–Trinajstić information content (AvgIpc) is 2.47. The Hall–Kier alpha value is -1.57. The summed E-state index contributed by atoms with van der Waals surface area (Å²) in [6.45, 7) is 3.63. The minimum atomic E-state index is -4.00. The Morgan fingerprint density at radius 2 is 1.33 bits per heavy atom. The molecule has 2 aromatic rings. The fourth-order valence-corrected chi connectivity index (χ4v) is 1.65. The zero-order valence-electron chi connectivity index (χ0n) is 12.9. The molecule has 0 aliphatic heterocycles. The quantitative estimate of drug-likeness (QED) is 0.679. The number of benzene rings is 2. The molecule has 0 aromatic heterocycles. The Balaban J connectivity index is 0. The van der Waals surface area contributed by atoms with E-state index < -0.39 is 10.1 Å². The summed E-state index contributed by atoms with van der Waals surface area (Å²) in [6.07, 6.45) is 3.16. The van der Waals surface area contributed by atoms with Gasteiger partial charge in [-0.05, 0) is 17.2 Å². The molecule has 1 N–H and O–H groups in total. The fraction of sp³-hybridized carbons (Fsp3) is 0. The molecule has 0 saturated carbocycles. The van der Waals surface area contributed by atoms with Crippen molar-refractivity contribution in [2.45, 2.75) is 0 Å². The van der Waals surface area contributed by atoms with E-state index in [1.807, 2.05) is 42.5 Å². The van der Waals surface area contributed by atoms with Gasteiger partial charge in [-0.1, -0.05) is 73.3 Å². The van der Waals surface area contributed by atoms with E-state index in [-0.39, 0.29) is 20.3 Å². The first kappa shape index (κ1) is 19.4. The van der Waals surface area contributed by atoms with Crippen LogP contribution in [0, 0.1) is 0 Å². The summed E-state index contributed by atoms with van der Waals surface area (Å²) in [5.41, 5.74) is 1.91. The standard InChI is InChI=1S/C8H8O3S.C8H8.Li.H/c9-12(10,11)7-6-8-4-2-1-3-5-8;1-2-8-6-4-3-5-7-8;;/h1-7H,(H,9,10,11);2-7H,1H2;;/q;;+1;-1. The van der Waals surface area contributed by atoms with Crippen molar-refractivity contribution < 1.29 is 33.3 Å². The largest absolute Gasteiger partial charge is 1.00 e. The molecule has 3 nitrogen and oxygen atoms in total. The van der Waals surface area contributed by atoms with E-state index in [0.717, 1.165) is 11.0 Å². The van der Waals surface area contributed by atoms with Gasteiger partial charge < -0.3 is 1.43 Å². The van der Waals surface area contributed by atoms with Gasteiger partial charge in [-0.2, -0.15) is 8.42 Å². The Labute approximate surface area is 139 Å². The number of rotatable bonds is 3. The predicted molar refractivity (Wildman–Crippen MR) is 84.7 cm³/mol. The van der Waals surface area contributed by atoms with Crippen molar-refractivity contribution in [3.63, 3.8) is 0 Å². The molecular weight excluding hydrogens is 279 g/mol. The van der Waals surface area contributed by atoms with Gasteiger partial charge in [0.1, 0.15) is 0 Å². The van der Waals surface area contributed by atoms with Crippen molar-refractivity contribution in [1.29, 1.82) is 0 Å².